The SMILES string of the molecule is CCOC(=O)CCc1c(C)nc2ncnn2c1N1CCN(C(=O)Nc2cccc(C#N)c2)CC1. The summed E-state index contributed by atoms with van der Waals surface area (Å²) in [4.78, 5) is 37.4. The van der Waals surface area contributed by atoms with Crippen LogP contribution in [-0.2, 0) is 16.0 Å². The van der Waals surface area contributed by atoms with Crippen LogP contribution in [0, 0.1) is 18.3 Å². The first-order valence-electron chi connectivity index (χ1n) is 11.2. The van der Waals surface area contributed by atoms with E-state index in [1.165, 1.54) is 6.33 Å². The van der Waals surface area contributed by atoms with Gasteiger partial charge in [-0.2, -0.15) is 19.9 Å². The molecule has 0 aliphatic carbocycles. The highest BCUT2D eigenvalue weighted by Gasteiger charge is 2.26. The van der Waals surface area contributed by atoms with Crippen molar-refractivity contribution in [3.63, 3.8) is 0 Å². The Bertz CT molecular complexity index is 1240. The van der Waals surface area contributed by atoms with Crippen LogP contribution in [0.2, 0.25) is 0 Å². The molecule has 0 saturated carbocycles. The van der Waals surface area contributed by atoms with E-state index in [2.05, 4.69) is 31.4 Å². The lowest BCUT2D eigenvalue weighted by Crippen LogP contribution is -2.50. The zero-order chi connectivity index (χ0) is 24.1. The number of rotatable bonds is 6. The molecule has 2 aromatic heterocycles. The van der Waals surface area contributed by atoms with Gasteiger partial charge in [-0.3, -0.25) is 4.79 Å². The average Bonchev–Trinajstić information content (AvgIpc) is 3.30. The molecular weight excluding hydrogens is 436 g/mol. The summed E-state index contributed by atoms with van der Waals surface area (Å²) in [6.45, 7) is 6.19. The van der Waals surface area contributed by atoms with Crippen molar-refractivity contribution in [2.45, 2.75) is 26.7 Å². The zero-order valence-electron chi connectivity index (χ0n) is 19.2. The summed E-state index contributed by atoms with van der Waals surface area (Å²) < 4.78 is 6.78. The predicted molar refractivity (Wildman–Crippen MR) is 124 cm³/mol. The molecule has 176 valence electrons. The van der Waals surface area contributed by atoms with Crippen molar-refractivity contribution >= 4 is 29.3 Å². The molecule has 11 nitrogen and oxygen atoms in total. The number of amides is 2. The van der Waals surface area contributed by atoms with Crippen molar-refractivity contribution in [2.75, 3.05) is 43.0 Å². The Morgan fingerprint density at radius 2 is 2.03 bits per heavy atom. The number of hydrogen-bond donors (Lipinski definition) is 1. The number of hydrogen-bond acceptors (Lipinski definition) is 8. The van der Waals surface area contributed by atoms with Crippen LogP contribution < -0.4 is 10.2 Å². The van der Waals surface area contributed by atoms with Gasteiger partial charge in [-0.05, 0) is 38.5 Å². The second-order valence-corrected chi connectivity index (χ2v) is 7.87. The number of aromatic nitrogens is 4. The molecular formula is C23H26N8O3. The molecule has 2 amide bonds. The summed E-state index contributed by atoms with van der Waals surface area (Å²) in [5.41, 5.74) is 2.78. The van der Waals surface area contributed by atoms with Crippen LogP contribution in [0.1, 0.15) is 30.2 Å². The Morgan fingerprint density at radius 1 is 1.24 bits per heavy atom. The third kappa shape index (κ3) is 4.91. The first-order valence-corrected chi connectivity index (χ1v) is 11.2. The van der Waals surface area contributed by atoms with Gasteiger partial charge in [0.05, 0.1) is 18.2 Å². The Kier molecular flexibility index (Phi) is 6.87. The van der Waals surface area contributed by atoms with Gasteiger partial charge >= 0.3 is 12.0 Å². The van der Waals surface area contributed by atoms with Gasteiger partial charge in [0.25, 0.3) is 5.78 Å². The number of aryl methyl sites for hydroxylation is 1. The van der Waals surface area contributed by atoms with Crippen LogP contribution in [0.15, 0.2) is 30.6 Å². The second kappa shape index (κ2) is 10.2. The van der Waals surface area contributed by atoms with Crippen LogP contribution in [0.25, 0.3) is 5.78 Å². The molecule has 34 heavy (non-hydrogen) atoms. The van der Waals surface area contributed by atoms with Gasteiger partial charge in [0.15, 0.2) is 0 Å². The van der Waals surface area contributed by atoms with Gasteiger partial charge in [-0.25, -0.2) is 9.78 Å². The lowest BCUT2D eigenvalue weighted by molar-refractivity contribution is -0.143. The molecule has 0 radical (unpaired) electrons. The molecule has 3 heterocycles. The predicted octanol–water partition coefficient (Wildman–Crippen LogP) is 2.15. The molecule has 3 aromatic rings. The number of nitriles is 1. The number of anilines is 2. The number of ether oxygens (including phenoxy) is 1. The Hall–Kier alpha value is -4.20. The Labute approximate surface area is 197 Å². The van der Waals surface area contributed by atoms with E-state index in [0.717, 1.165) is 17.1 Å². The summed E-state index contributed by atoms with van der Waals surface area (Å²) in [6, 6.07) is 8.68. The van der Waals surface area contributed by atoms with E-state index in [1.807, 2.05) is 6.92 Å². The fourth-order valence-corrected chi connectivity index (χ4v) is 4.04. The number of nitrogens with one attached hydrogen (secondary N) is 1. The van der Waals surface area contributed by atoms with Crippen LogP contribution in [0.5, 0.6) is 0 Å². The minimum absolute atomic E-state index is 0.214. The highest BCUT2D eigenvalue weighted by Crippen LogP contribution is 2.26. The average molecular weight is 463 g/mol. The third-order valence-corrected chi connectivity index (χ3v) is 5.70. The number of esters is 1. The largest absolute Gasteiger partial charge is 0.466 e. The lowest BCUT2D eigenvalue weighted by atomic mass is 10.1. The topological polar surface area (TPSA) is 129 Å². The van der Waals surface area contributed by atoms with E-state index < -0.39 is 0 Å². The van der Waals surface area contributed by atoms with Crippen LogP contribution >= 0.6 is 0 Å². The number of carbonyl (C=O) groups excluding carboxylic acids is 2. The van der Waals surface area contributed by atoms with Crippen LogP contribution in [-0.4, -0.2) is 69.3 Å². The van der Waals surface area contributed by atoms with Gasteiger partial charge in [0, 0.05) is 49.5 Å². The molecule has 1 saturated heterocycles. The summed E-state index contributed by atoms with van der Waals surface area (Å²) in [6.07, 6.45) is 2.17. The molecule has 1 fully saturated rings. The first-order chi connectivity index (χ1) is 16.5. The van der Waals surface area contributed by atoms with Gasteiger partial charge in [-0.1, -0.05) is 6.07 Å². The van der Waals surface area contributed by atoms with Crippen molar-refractivity contribution in [1.82, 2.24) is 24.5 Å². The van der Waals surface area contributed by atoms with E-state index in [4.69, 9.17) is 10.00 Å². The summed E-state index contributed by atoms with van der Waals surface area (Å²) >= 11 is 0. The third-order valence-electron chi connectivity index (χ3n) is 5.70. The standard InChI is InChI=1S/C23H26N8O3/c1-3-34-20(32)8-7-19-16(2)27-22-25-15-26-31(22)21(19)29-9-11-30(12-10-29)23(33)28-18-6-4-5-17(13-18)14-24/h4-6,13,15H,3,7-12H2,1-2H3,(H,28,33). The maximum atomic E-state index is 12.8. The maximum absolute atomic E-state index is 12.8. The first kappa shape index (κ1) is 23.0. The van der Waals surface area contributed by atoms with E-state index >= 15 is 0 Å². The van der Waals surface area contributed by atoms with Gasteiger partial charge in [-0.15, -0.1) is 0 Å². The van der Waals surface area contributed by atoms with E-state index in [-0.39, 0.29) is 18.4 Å². The summed E-state index contributed by atoms with van der Waals surface area (Å²) in [5, 5.41) is 16.3. The quantitative estimate of drug-likeness (QED) is 0.552. The zero-order valence-corrected chi connectivity index (χ0v) is 19.2. The Morgan fingerprint density at radius 3 is 2.76 bits per heavy atom. The minimum Gasteiger partial charge on any atom is -0.466 e. The monoisotopic (exact) mass is 462 g/mol. The highest BCUT2D eigenvalue weighted by molar-refractivity contribution is 5.89. The van der Waals surface area contributed by atoms with Crippen molar-refractivity contribution in [2.24, 2.45) is 0 Å². The lowest BCUT2D eigenvalue weighted by Gasteiger charge is -2.37. The van der Waals surface area contributed by atoms with Gasteiger partial charge in [0.1, 0.15) is 12.1 Å². The summed E-state index contributed by atoms with van der Waals surface area (Å²) in [5.74, 6) is 1.07. The van der Waals surface area contributed by atoms with Crippen molar-refractivity contribution in [3.8, 4) is 6.07 Å². The van der Waals surface area contributed by atoms with Crippen molar-refractivity contribution in [3.05, 3.63) is 47.4 Å². The van der Waals surface area contributed by atoms with Crippen molar-refractivity contribution in [1.29, 1.82) is 5.26 Å². The van der Waals surface area contributed by atoms with Gasteiger partial charge < -0.3 is 19.9 Å². The van der Waals surface area contributed by atoms with Crippen LogP contribution in [0.3, 0.4) is 0 Å². The van der Waals surface area contributed by atoms with E-state index in [0.29, 0.717) is 56.2 Å². The minimum atomic E-state index is -0.256. The Balaban J connectivity index is 1.49. The molecule has 4 rings (SSSR count). The number of carbonyl (C=O) groups is 2. The molecule has 0 spiro atoms. The van der Waals surface area contributed by atoms with Crippen LogP contribution in [0.4, 0.5) is 16.3 Å². The number of nitrogens with zero attached hydrogens (tertiary/aromatic N) is 7. The maximum Gasteiger partial charge on any atom is 0.321 e. The molecule has 0 atom stereocenters. The smallest absolute Gasteiger partial charge is 0.321 e. The number of piperazine rings is 1. The number of urea groups is 1. The van der Waals surface area contributed by atoms with E-state index in [1.54, 1.807) is 40.6 Å². The van der Waals surface area contributed by atoms with Crippen molar-refractivity contribution < 1.29 is 14.3 Å². The molecule has 1 aromatic carbocycles. The summed E-state index contributed by atoms with van der Waals surface area (Å²) in [7, 11) is 0. The fourth-order valence-electron chi connectivity index (χ4n) is 4.04. The number of fused-ring (bicyclic) bond motifs is 1. The molecule has 1 N–H and O–H groups in total. The molecule has 11 heteroatoms. The molecule has 1 aliphatic heterocycles. The fraction of sp³-hybridized carbons (Fsp3) is 0.391. The second-order valence-electron chi connectivity index (χ2n) is 7.87. The highest BCUT2D eigenvalue weighted by atomic mass is 16.5. The molecule has 0 bridgehead atoms. The molecule has 0 unspecified atom stereocenters. The number of benzene rings is 1. The van der Waals surface area contributed by atoms with Gasteiger partial charge in [0.2, 0.25) is 0 Å². The normalized spacial score (nSPS) is 13.6. The van der Waals surface area contributed by atoms with E-state index in [9.17, 15) is 9.59 Å². The molecule has 1 aliphatic rings.